The maximum atomic E-state index is 12.1. The van der Waals surface area contributed by atoms with Crippen molar-refractivity contribution in [2.45, 2.75) is 31.4 Å². The molecule has 0 aromatic heterocycles. The standard InChI is InChI=1S/C24H27NO6S/c1-28-19-7-6-17(15-4-5-18-16(12-15)13-25-23(18)27)21(22(19)29-2)30-14-24(9-10-24)31-20(26)8-11-32-3/h4-7,12H,8-11,13-14H2,1-3H3,(H,25,27). The van der Waals surface area contributed by atoms with Gasteiger partial charge in [-0.25, -0.2) is 0 Å². The van der Waals surface area contributed by atoms with E-state index >= 15 is 0 Å². The van der Waals surface area contributed by atoms with Crippen molar-refractivity contribution in [3.63, 3.8) is 0 Å². The molecule has 0 atom stereocenters. The summed E-state index contributed by atoms with van der Waals surface area (Å²) >= 11 is 1.62. The van der Waals surface area contributed by atoms with Gasteiger partial charge in [-0.1, -0.05) is 6.07 Å². The minimum absolute atomic E-state index is 0.0608. The molecule has 2 aromatic carbocycles. The lowest BCUT2D eigenvalue weighted by molar-refractivity contribution is -0.152. The number of benzene rings is 2. The first-order valence-electron chi connectivity index (χ1n) is 10.5. The fraction of sp³-hybridized carbons (Fsp3) is 0.417. The van der Waals surface area contributed by atoms with Gasteiger partial charge in [-0.2, -0.15) is 11.8 Å². The van der Waals surface area contributed by atoms with Gasteiger partial charge in [-0.3, -0.25) is 9.59 Å². The normalized spacial score (nSPS) is 15.5. The first-order valence-corrected chi connectivity index (χ1v) is 11.9. The van der Waals surface area contributed by atoms with E-state index in [0.717, 1.165) is 35.3 Å². The van der Waals surface area contributed by atoms with Crippen molar-refractivity contribution in [1.82, 2.24) is 5.32 Å². The van der Waals surface area contributed by atoms with E-state index in [1.165, 1.54) is 0 Å². The average Bonchev–Trinajstić information content (AvgIpc) is 3.47. The fourth-order valence-electron chi connectivity index (χ4n) is 3.77. The van der Waals surface area contributed by atoms with Crippen LogP contribution in [0.25, 0.3) is 11.1 Å². The Kier molecular flexibility index (Phi) is 6.50. The molecule has 32 heavy (non-hydrogen) atoms. The van der Waals surface area contributed by atoms with Gasteiger partial charge < -0.3 is 24.3 Å². The summed E-state index contributed by atoms with van der Waals surface area (Å²) in [6.07, 6.45) is 3.89. The smallest absolute Gasteiger partial charge is 0.307 e. The third-order valence-electron chi connectivity index (χ3n) is 5.73. The molecule has 170 valence electrons. The Hall–Kier alpha value is -2.87. The number of rotatable bonds is 10. The number of carbonyl (C=O) groups excluding carboxylic acids is 2. The van der Waals surface area contributed by atoms with Crippen molar-refractivity contribution >= 4 is 23.6 Å². The second kappa shape index (κ2) is 9.32. The molecule has 1 saturated carbocycles. The molecule has 0 unspecified atom stereocenters. The van der Waals surface area contributed by atoms with Gasteiger partial charge >= 0.3 is 5.97 Å². The fourth-order valence-corrected chi connectivity index (χ4v) is 4.14. The van der Waals surface area contributed by atoms with Gasteiger partial charge in [0.15, 0.2) is 11.5 Å². The Morgan fingerprint density at radius 1 is 1.09 bits per heavy atom. The molecule has 2 aliphatic rings. The van der Waals surface area contributed by atoms with Crippen LogP contribution in [0.4, 0.5) is 0 Å². The average molecular weight is 458 g/mol. The molecule has 4 rings (SSSR count). The number of carbonyl (C=O) groups is 2. The van der Waals surface area contributed by atoms with Gasteiger partial charge in [0.2, 0.25) is 5.75 Å². The molecule has 1 heterocycles. The zero-order valence-corrected chi connectivity index (χ0v) is 19.3. The molecular formula is C24H27NO6S. The monoisotopic (exact) mass is 457 g/mol. The number of hydrogen-bond donors (Lipinski definition) is 1. The van der Waals surface area contributed by atoms with Crippen LogP contribution in [0.5, 0.6) is 17.2 Å². The molecule has 0 saturated heterocycles. The lowest BCUT2D eigenvalue weighted by Crippen LogP contribution is -2.27. The van der Waals surface area contributed by atoms with Crippen LogP contribution in [-0.4, -0.2) is 50.3 Å². The number of fused-ring (bicyclic) bond motifs is 1. The van der Waals surface area contributed by atoms with Gasteiger partial charge in [0, 0.05) is 23.4 Å². The van der Waals surface area contributed by atoms with Gasteiger partial charge in [0.25, 0.3) is 5.91 Å². The quantitative estimate of drug-likeness (QED) is 0.543. The van der Waals surface area contributed by atoms with Crippen LogP contribution in [0.3, 0.4) is 0 Å². The lowest BCUT2D eigenvalue weighted by Gasteiger charge is -2.22. The van der Waals surface area contributed by atoms with Crippen molar-refractivity contribution in [3.8, 4) is 28.4 Å². The topological polar surface area (TPSA) is 83.1 Å². The number of methoxy groups -OCH3 is 2. The SMILES string of the molecule is COc1ccc(-c2ccc3c(c2)CNC3=O)c(OCC2(OC(=O)CCSC)CC2)c1OC. The van der Waals surface area contributed by atoms with Crippen molar-refractivity contribution in [3.05, 3.63) is 41.5 Å². The minimum atomic E-state index is -0.588. The van der Waals surface area contributed by atoms with E-state index in [2.05, 4.69) is 5.32 Å². The van der Waals surface area contributed by atoms with Gasteiger partial charge in [0.1, 0.15) is 12.2 Å². The highest BCUT2D eigenvalue weighted by Crippen LogP contribution is 2.47. The lowest BCUT2D eigenvalue weighted by atomic mass is 9.99. The van der Waals surface area contributed by atoms with E-state index in [-0.39, 0.29) is 18.5 Å². The number of thioether (sulfide) groups is 1. The third kappa shape index (κ3) is 4.50. The molecule has 2 aromatic rings. The summed E-state index contributed by atoms with van der Waals surface area (Å²) in [5, 5.41) is 2.84. The van der Waals surface area contributed by atoms with Crippen molar-refractivity contribution in [2.75, 3.05) is 32.8 Å². The Bertz CT molecular complexity index is 1030. The summed E-state index contributed by atoms with van der Waals surface area (Å²) in [5.74, 6) is 2.02. The van der Waals surface area contributed by atoms with E-state index in [0.29, 0.717) is 35.8 Å². The second-order valence-electron chi connectivity index (χ2n) is 7.92. The summed E-state index contributed by atoms with van der Waals surface area (Å²) in [7, 11) is 3.14. The molecule has 0 spiro atoms. The molecule has 1 aliphatic heterocycles. The highest BCUT2D eigenvalue weighted by Gasteiger charge is 2.48. The van der Waals surface area contributed by atoms with Crippen LogP contribution < -0.4 is 19.5 Å². The van der Waals surface area contributed by atoms with Crippen LogP contribution in [0.15, 0.2) is 30.3 Å². The second-order valence-corrected chi connectivity index (χ2v) is 8.91. The third-order valence-corrected chi connectivity index (χ3v) is 6.34. The molecule has 1 N–H and O–H groups in total. The Balaban J connectivity index is 1.62. The van der Waals surface area contributed by atoms with E-state index < -0.39 is 5.60 Å². The predicted molar refractivity (Wildman–Crippen MR) is 123 cm³/mol. The minimum Gasteiger partial charge on any atom is -0.493 e. The van der Waals surface area contributed by atoms with Crippen molar-refractivity contribution < 1.29 is 28.5 Å². The molecule has 0 radical (unpaired) electrons. The van der Waals surface area contributed by atoms with Crippen molar-refractivity contribution in [1.29, 1.82) is 0 Å². The highest BCUT2D eigenvalue weighted by atomic mass is 32.2. The number of ether oxygens (including phenoxy) is 4. The summed E-state index contributed by atoms with van der Waals surface area (Å²) in [6.45, 7) is 0.736. The van der Waals surface area contributed by atoms with Gasteiger partial charge in [0.05, 0.1) is 20.6 Å². The molecule has 1 fully saturated rings. The number of hydrogen-bond acceptors (Lipinski definition) is 7. The molecule has 0 bridgehead atoms. The summed E-state index contributed by atoms with van der Waals surface area (Å²) < 4.78 is 23.1. The van der Waals surface area contributed by atoms with Gasteiger partial charge in [-0.15, -0.1) is 0 Å². The van der Waals surface area contributed by atoms with E-state index in [4.69, 9.17) is 18.9 Å². The zero-order chi connectivity index (χ0) is 22.7. The van der Waals surface area contributed by atoms with E-state index in [1.807, 2.05) is 36.6 Å². The van der Waals surface area contributed by atoms with Crippen molar-refractivity contribution in [2.24, 2.45) is 0 Å². The van der Waals surface area contributed by atoms with Crippen LogP contribution in [0.2, 0.25) is 0 Å². The number of esters is 1. The first kappa shape index (κ1) is 22.3. The number of nitrogens with one attached hydrogen (secondary N) is 1. The maximum Gasteiger partial charge on any atom is 0.307 e. The molecule has 7 nitrogen and oxygen atoms in total. The Morgan fingerprint density at radius 3 is 2.56 bits per heavy atom. The summed E-state index contributed by atoms with van der Waals surface area (Å²) in [5.41, 5.74) is 2.75. The zero-order valence-electron chi connectivity index (χ0n) is 18.5. The predicted octanol–water partition coefficient (Wildman–Crippen LogP) is 3.82. The highest BCUT2D eigenvalue weighted by molar-refractivity contribution is 7.98. The van der Waals surface area contributed by atoms with Gasteiger partial charge in [-0.05, 0) is 54.5 Å². The summed E-state index contributed by atoms with van der Waals surface area (Å²) in [4.78, 5) is 24.1. The first-order chi connectivity index (χ1) is 15.5. The van der Waals surface area contributed by atoms with Crippen LogP contribution >= 0.6 is 11.8 Å². The molecule has 1 aliphatic carbocycles. The van der Waals surface area contributed by atoms with Crippen LogP contribution in [0, 0.1) is 0 Å². The Labute approximate surface area is 191 Å². The Morgan fingerprint density at radius 2 is 1.88 bits per heavy atom. The largest absolute Gasteiger partial charge is 0.493 e. The van der Waals surface area contributed by atoms with Crippen LogP contribution in [-0.2, 0) is 16.1 Å². The van der Waals surface area contributed by atoms with E-state index in [1.54, 1.807) is 26.0 Å². The molecule has 1 amide bonds. The molecular weight excluding hydrogens is 430 g/mol. The molecule has 8 heteroatoms. The maximum absolute atomic E-state index is 12.1. The summed E-state index contributed by atoms with van der Waals surface area (Å²) in [6, 6.07) is 9.44. The van der Waals surface area contributed by atoms with E-state index in [9.17, 15) is 9.59 Å². The number of amides is 1. The van der Waals surface area contributed by atoms with Crippen LogP contribution in [0.1, 0.15) is 35.2 Å².